The quantitative estimate of drug-likeness (QED) is 0.607. The fraction of sp³-hybridized carbons (Fsp3) is 0.227. The highest BCUT2D eigenvalue weighted by Gasteiger charge is 2.18. The predicted octanol–water partition coefficient (Wildman–Crippen LogP) is 4.34. The maximum absolute atomic E-state index is 5.46. The molecule has 2 aromatic carbocycles. The van der Waals surface area contributed by atoms with E-state index in [-0.39, 0.29) is 0 Å². The summed E-state index contributed by atoms with van der Waals surface area (Å²) in [6.07, 6.45) is 1.74. The van der Waals surface area contributed by atoms with Crippen LogP contribution in [-0.2, 0) is 0 Å². The van der Waals surface area contributed by atoms with E-state index in [1.807, 2.05) is 30.3 Å². The first-order valence-electron chi connectivity index (χ1n) is 8.58. The number of fused-ring (bicyclic) bond motifs is 1. The van der Waals surface area contributed by atoms with Crippen molar-refractivity contribution in [3.8, 4) is 28.7 Å². The Balaban J connectivity index is 2.19. The Hall–Kier alpha value is -3.41. The number of hydrogen-bond donors (Lipinski definition) is 0. The highest BCUT2D eigenvalue weighted by atomic mass is 16.5. The van der Waals surface area contributed by atoms with Crippen LogP contribution in [0, 0.1) is 0 Å². The molecule has 0 amide bonds. The summed E-state index contributed by atoms with van der Waals surface area (Å²) in [7, 11) is 7.95. The molecule has 0 atom stereocenters. The molecule has 28 heavy (non-hydrogen) atoms. The molecule has 0 aliphatic carbocycles. The number of benzene rings is 2. The summed E-state index contributed by atoms with van der Waals surface area (Å²) < 4.78 is 27.2. The zero-order chi connectivity index (χ0) is 20.3. The van der Waals surface area contributed by atoms with Gasteiger partial charge in [-0.15, -0.1) is 0 Å². The van der Waals surface area contributed by atoms with E-state index in [1.54, 1.807) is 41.7 Å². The molecule has 6 heteroatoms. The molecule has 0 fully saturated rings. The van der Waals surface area contributed by atoms with Crippen LogP contribution in [0.15, 0.2) is 43.1 Å². The molecule has 0 aliphatic rings. The normalized spacial score (nSPS) is 10.5. The van der Waals surface area contributed by atoms with Crippen LogP contribution in [0.25, 0.3) is 16.3 Å². The smallest absolute Gasteiger partial charge is 0.203 e. The molecular weight excluding hydrogens is 358 g/mol. The van der Waals surface area contributed by atoms with Crippen LogP contribution in [0.1, 0.15) is 11.3 Å². The standard InChI is InChI=1S/C22H23NO5/c1-13(15-10-19(26-4)22(28-6)20(11-15)27-5)21-16-12-18(25-3)17(24-2)9-14(16)7-8-23-21/h7-12H,1H2,2-6H3. The Kier molecular flexibility index (Phi) is 5.59. The van der Waals surface area contributed by atoms with Gasteiger partial charge in [0.05, 0.1) is 41.2 Å². The molecule has 3 rings (SSSR count). The van der Waals surface area contributed by atoms with Gasteiger partial charge in [-0.1, -0.05) is 6.58 Å². The van der Waals surface area contributed by atoms with E-state index in [4.69, 9.17) is 23.7 Å². The monoisotopic (exact) mass is 381 g/mol. The molecule has 146 valence electrons. The lowest BCUT2D eigenvalue weighted by molar-refractivity contribution is 0.324. The highest BCUT2D eigenvalue weighted by molar-refractivity contribution is 5.97. The number of ether oxygens (including phenoxy) is 5. The van der Waals surface area contributed by atoms with Gasteiger partial charge in [0.15, 0.2) is 23.0 Å². The first-order chi connectivity index (χ1) is 13.6. The minimum absolute atomic E-state index is 0.527. The minimum atomic E-state index is 0.527. The zero-order valence-electron chi connectivity index (χ0n) is 16.7. The maximum atomic E-state index is 5.46. The van der Waals surface area contributed by atoms with Crippen molar-refractivity contribution >= 4 is 16.3 Å². The average Bonchev–Trinajstić information content (AvgIpc) is 2.75. The molecule has 0 N–H and O–H groups in total. The van der Waals surface area contributed by atoms with Crippen LogP contribution in [0.3, 0.4) is 0 Å². The van der Waals surface area contributed by atoms with E-state index in [1.165, 1.54) is 0 Å². The molecule has 3 aromatic rings. The largest absolute Gasteiger partial charge is 0.493 e. The molecule has 0 saturated carbocycles. The number of pyridine rings is 1. The van der Waals surface area contributed by atoms with Crippen molar-refractivity contribution in [3.05, 3.63) is 54.4 Å². The third-order valence-electron chi connectivity index (χ3n) is 4.57. The summed E-state index contributed by atoms with van der Waals surface area (Å²) in [5.41, 5.74) is 2.26. The number of rotatable bonds is 7. The lowest BCUT2D eigenvalue weighted by Crippen LogP contribution is -1.99. The first-order valence-corrected chi connectivity index (χ1v) is 8.58. The van der Waals surface area contributed by atoms with Gasteiger partial charge < -0.3 is 23.7 Å². The molecule has 1 aromatic heterocycles. The van der Waals surface area contributed by atoms with E-state index < -0.39 is 0 Å². The van der Waals surface area contributed by atoms with Crippen molar-refractivity contribution in [1.29, 1.82) is 0 Å². The van der Waals surface area contributed by atoms with Crippen LogP contribution in [0.2, 0.25) is 0 Å². The highest BCUT2D eigenvalue weighted by Crippen LogP contribution is 2.42. The molecule has 0 spiro atoms. The second-order valence-corrected chi connectivity index (χ2v) is 5.98. The Morgan fingerprint density at radius 2 is 1.32 bits per heavy atom. The van der Waals surface area contributed by atoms with Gasteiger partial charge in [-0.3, -0.25) is 4.98 Å². The van der Waals surface area contributed by atoms with Crippen molar-refractivity contribution in [2.24, 2.45) is 0 Å². The van der Waals surface area contributed by atoms with Crippen LogP contribution < -0.4 is 23.7 Å². The van der Waals surface area contributed by atoms with Gasteiger partial charge in [0.1, 0.15) is 0 Å². The van der Waals surface area contributed by atoms with Gasteiger partial charge in [0.2, 0.25) is 5.75 Å². The number of nitrogens with zero attached hydrogens (tertiary/aromatic N) is 1. The topological polar surface area (TPSA) is 59.0 Å². The van der Waals surface area contributed by atoms with Crippen molar-refractivity contribution < 1.29 is 23.7 Å². The van der Waals surface area contributed by atoms with Crippen LogP contribution in [0.4, 0.5) is 0 Å². The number of hydrogen-bond acceptors (Lipinski definition) is 6. The summed E-state index contributed by atoms with van der Waals surface area (Å²) in [6, 6.07) is 9.45. The minimum Gasteiger partial charge on any atom is -0.493 e. The fourth-order valence-corrected chi connectivity index (χ4v) is 3.13. The van der Waals surface area contributed by atoms with Gasteiger partial charge in [0.25, 0.3) is 0 Å². The van der Waals surface area contributed by atoms with Gasteiger partial charge in [-0.05, 0) is 41.3 Å². The second kappa shape index (κ2) is 8.08. The molecule has 0 saturated heterocycles. The third-order valence-corrected chi connectivity index (χ3v) is 4.57. The zero-order valence-corrected chi connectivity index (χ0v) is 16.7. The fourth-order valence-electron chi connectivity index (χ4n) is 3.13. The Labute approximate surface area is 164 Å². The van der Waals surface area contributed by atoms with Gasteiger partial charge >= 0.3 is 0 Å². The number of aromatic nitrogens is 1. The molecule has 0 aliphatic heterocycles. The van der Waals surface area contributed by atoms with Gasteiger partial charge in [0, 0.05) is 17.2 Å². The van der Waals surface area contributed by atoms with Gasteiger partial charge in [-0.25, -0.2) is 0 Å². The molecule has 0 radical (unpaired) electrons. The van der Waals surface area contributed by atoms with Crippen molar-refractivity contribution in [3.63, 3.8) is 0 Å². The van der Waals surface area contributed by atoms with Crippen LogP contribution in [-0.4, -0.2) is 40.5 Å². The predicted molar refractivity (Wildman–Crippen MR) is 109 cm³/mol. The molecule has 0 bridgehead atoms. The van der Waals surface area contributed by atoms with Gasteiger partial charge in [-0.2, -0.15) is 0 Å². The first kappa shape index (κ1) is 19.4. The van der Waals surface area contributed by atoms with E-state index in [0.717, 1.165) is 27.6 Å². The number of methoxy groups -OCH3 is 5. The van der Waals surface area contributed by atoms with Crippen LogP contribution >= 0.6 is 0 Å². The lowest BCUT2D eigenvalue weighted by Gasteiger charge is -2.16. The van der Waals surface area contributed by atoms with Crippen molar-refractivity contribution in [2.75, 3.05) is 35.5 Å². The van der Waals surface area contributed by atoms with E-state index >= 15 is 0 Å². The second-order valence-electron chi connectivity index (χ2n) is 5.98. The Morgan fingerprint density at radius 1 is 0.750 bits per heavy atom. The lowest BCUT2D eigenvalue weighted by atomic mass is 9.98. The summed E-state index contributed by atoms with van der Waals surface area (Å²) in [6.45, 7) is 4.26. The molecule has 1 heterocycles. The Morgan fingerprint density at radius 3 is 1.86 bits per heavy atom. The Bertz CT molecular complexity index is 1000. The third kappa shape index (κ3) is 3.29. The van der Waals surface area contributed by atoms with Crippen molar-refractivity contribution in [2.45, 2.75) is 0 Å². The molecule has 6 nitrogen and oxygen atoms in total. The maximum Gasteiger partial charge on any atom is 0.203 e. The van der Waals surface area contributed by atoms with Crippen LogP contribution in [0.5, 0.6) is 28.7 Å². The molecule has 0 unspecified atom stereocenters. The van der Waals surface area contributed by atoms with E-state index in [2.05, 4.69) is 11.6 Å². The van der Waals surface area contributed by atoms with E-state index in [0.29, 0.717) is 28.7 Å². The summed E-state index contributed by atoms with van der Waals surface area (Å²) >= 11 is 0. The van der Waals surface area contributed by atoms with Crippen molar-refractivity contribution in [1.82, 2.24) is 4.98 Å². The van der Waals surface area contributed by atoms with E-state index in [9.17, 15) is 0 Å². The SMILES string of the molecule is C=C(c1cc(OC)c(OC)c(OC)c1)c1nccc2cc(OC)c(OC)cc12. The summed E-state index contributed by atoms with van der Waals surface area (Å²) in [5, 5.41) is 1.87. The summed E-state index contributed by atoms with van der Waals surface area (Å²) in [5.74, 6) is 2.92. The average molecular weight is 381 g/mol. The summed E-state index contributed by atoms with van der Waals surface area (Å²) in [4.78, 5) is 4.56. The molecular formula is C22H23NO5.